The molecule has 4 rings (SSSR count). The minimum absolute atomic E-state index is 0.0480. The average molecular weight is 386 g/mol. The third-order valence-corrected chi connectivity index (χ3v) is 5.56. The van der Waals surface area contributed by atoms with Gasteiger partial charge in [-0.15, -0.1) is 0 Å². The fourth-order valence-corrected chi connectivity index (χ4v) is 3.98. The van der Waals surface area contributed by atoms with Crippen LogP contribution in [-0.2, 0) is 24.2 Å². The summed E-state index contributed by atoms with van der Waals surface area (Å²) in [6, 6.07) is 18.2. The van der Waals surface area contributed by atoms with Crippen molar-refractivity contribution < 1.29 is 4.79 Å². The SMILES string of the molecule is CN(CCc1ccccn1)c1ncccc1CNC(=O)[C@@H]1CCc2ccccc21. The number of aromatic nitrogens is 2. The molecular weight excluding hydrogens is 360 g/mol. The van der Waals surface area contributed by atoms with E-state index >= 15 is 0 Å². The summed E-state index contributed by atoms with van der Waals surface area (Å²) in [5.41, 5.74) is 4.55. The van der Waals surface area contributed by atoms with Gasteiger partial charge in [0.15, 0.2) is 0 Å². The number of amides is 1. The third-order valence-electron chi connectivity index (χ3n) is 5.56. The Morgan fingerprint density at radius 2 is 1.90 bits per heavy atom. The molecule has 0 saturated heterocycles. The largest absolute Gasteiger partial charge is 0.359 e. The van der Waals surface area contributed by atoms with Gasteiger partial charge in [-0.25, -0.2) is 4.98 Å². The fraction of sp³-hybridized carbons (Fsp3) is 0.292. The Bertz CT molecular complexity index is 973. The van der Waals surface area contributed by atoms with Crippen molar-refractivity contribution in [1.82, 2.24) is 15.3 Å². The zero-order valence-corrected chi connectivity index (χ0v) is 16.7. The van der Waals surface area contributed by atoms with Crippen LogP contribution < -0.4 is 10.2 Å². The van der Waals surface area contributed by atoms with E-state index in [4.69, 9.17) is 0 Å². The Hall–Kier alpha value is -3.21. The quantitative estimate of drug-likeness (QED) is 0.675. The molecule has 2 aromatic heterocycles. The monoisotopic (exact) mass is 386 g/mol. The van der Waals surface area contributed by atoms with E-state index in [1.807, 2.05) is 55.7 Å². The molecule has 0 bridgehead atoms. The third kappa shape index (κ3) is 4.45. The molecule has 1 amide bonds. The Morgan fingerprint density at radius 1 is 1.07 bits per heavy atom. The summed E-state index contributed by atoms with van der Waals surface area (Å²) in [6.45, 7) is 1.29. The van der Waals surface area contributed by atoms with Crippen LogP contribution in [0.2, 0.25) is 0 Å². The number of likely N-dealkylation sites (N-methyl/N-ethyl adjacent to an activating group) is 1. The molecule has 5 nitrogen and oxygen atoms in total. The van der Waals surface area contributed by atoms with E-state index in [2.05, 4.69) is 32.3 Å². The van der Waals surface area contributed by atoms with E-state index in [1.165, 1.54) is 11.1 Å². The van der Waals surface area contributed by atoms with Crippen LogP contribution in [0.1, 0.15) is 34.7 Å². The van der Waals surface area contributed by atoms with Crippen molar-refractivity contribution in [2.45, 2.75) is 31.7 Å². The second kappa shape index (κ2) is 8.86. The van der Waals surface area contributed by atoms with Gasteiger partial charge in [-0.3, -0.25) is 9.78 Å². The Labute approximate surface area is 171 Å². The molecule has 29 heavy (non-hydrogen) atoms. The van der Waals surface area contributed by atoms with Crippen molar-refractivity contribution in [1.29, 1.82) is 0 Å². The van der Waals surface area contributed by atoms with Crippen LogP contribution in [-0.4, -0.2) is 29.5 Å². The van der Waals surface area contributed by atoms with E-state index < -0.39 is 0 Å². The van der Waals surface area contributed by atoms with Crippen molar-refractivity contribution >= 4 is 11.7 Å². The lowest BCUT2D eigenvalue weighted by Crippen LogP contribution is -2.29. The van der Waals surface area contributed by atoms with Crippen molar-refractivity contribution in [3.05, 3.63) is 89.4 Å². The number of carbonyl (C=O) groups excluding carboxylic acids is 1. The number of pyridine rings is 2. The molecule has 0 spiro atoms. The molecule has 1 atom stereocenters. The van der Waals surface area contributed by atoms with E-state index in [1.54, 1.807) is 6.20 Å². The van der Waals surface area contributed by atoms with Gasteiger partial charge in [-0.1, -0.05) is 36.4 Å². The number of nitrogens with zero attached hydrogens (tertiary/aromatic N) is 3. The lowest BCUT2D eigenvalue weighted by Gasteiger charge is -2.21. The van der Waals surface area contributed by atoms with Crippen LogP contribution in [0.4, 0.5) is 5.82 Å². The zero-order valence-electron chi connectivity index (χ0n) is 16.7. The molecule has 1 aliphatic carbocycles. The molecular formula is C24H26N4O. The second-order valence-corrected chi connectivity index (χ2v) is 7.49. The van der Waals surface area contributed by atoms with Crippen LogP contribution in [0.15, 0.2) is 67.0 Å². The van der Waals surface area contributed by atoms with Gasteiger partial charge in [0.05, 0.1) is 5.92 Å². The molecule has 1 aromatic carbocycles. The molecule has 1 aliphatic rings. The summed E-state index contributed by atoms with van der Waals surface area (Å²) in [4.78, 5) is 23.9. The summed E-state index contributed by atoms with van der Waals surface area (Å²) < 4.78 is 0. The van der Waals surface area contributed by atoms with E-state index in [9.17, 15) is 4.79 Å². The van der Waals surface area contributed by atoms with Gasteiger partial charge in [-0.05, 0) is 42.2 Å². The zero-order chi connectivity index (χ0) is 20.1. The van der Waals surface area contributed by atoms with Gasteiger partial charge in [0, 0.05) is 50.2 Å². The Balaban J connectivity index is 1.39. The van der Waals surface area contributed by atoms with Crippen molar-refractivity contribution in [3.63, 3.8) is 0 Å². The van der Waals surface area contributed by atoms with Gasteiger partial charge in [0.25, 0.3) is 0 Å². The topological polar surface area (TPSA) is 58.1 Å². The minimum Gasteiger partial charge on any atom is -0.359 e. The van der Waals surface area contributed by atoms with Crippen molar-refractivity contribution in [2.24, 2.45) is 0 Å². The number of carbonyl (C=O) groups is 1. The Morgan fingerprint density at radius 3 is 2.76 bits per heavy atom. The predicted octanol–water partition coefficient (Wildman–Crippen LogP) is 3.50. The summed E-state index contributed by atoms with van der Waals surface area (Å²) in [7, 11) is 2.03. The lowest BCUT2D eigenvalue weighted by molar-refractivity contribution is -0.122. The predicted molar refractivity (Wildman–Crippen MR) is 115 cm³/mol. The molecule has 5 heteroatoms. The molecule has 0 fully saturated rings. The number of benzene rings is 1. The van der Waals surface area contributed by atoms with E-state index in [0.29, 0.717) is 6.54 Å². The van der Waals surface area contributed by atoms with Crippen LogP contribution >= 0.6 is 0 Å². The molecule has 0 unspecified atom stereocenters. The fourth-order valence-electron chi connectivity index (χ4n) is 3.98. The molecule has 0 radical (unpaired) electrons. The summed E-state index contributed by atoms with van der Waals surface area (Å²) in [5, 5.41) is 3.13. The number of rotatable bonds is 7. The van der Waals surface area contributed by atoms with Gasteiger partial charge < -0.3 is 10.2 Å². The van der Waals surface area contributed by atoms with Crippen LogP contribution in [0.3, 0.4) is 0 Å². The molecule has 0 aliphatic heterocycles. The highest BCUT2D eigenvalue weighted by molar-refractivity contribution is 5.85. The maximum Gasteiger partial charge on any atom is 0.227 e. The van der Waals surface area contributed by atoms with Gasteiger partial charge in [0.1, 0.15) is 5.82 Å². The number of fused-ring (bicyclic) bond motifs is 1. The summed E-state index contributed by atoms with van der Waals surface area (Å²) in [6.07, 6.45) is 6.32. The highest BCUT2D eigenvalue weighted by atomic mass is 16.1. The van der Waals surface area contributed by atoms with Gasteiger partial charge in [-0.2, -0.15) is 0 Å². The first-order chi connectivity index (χ1) is 14.2. The normalized spacial score (nSPS) is 15.0. The number of hydrogen-bond acceptors (Lipinski definition) is 4. The molecule has 148 valence electrons. The molecule has 3 aromatic rings. The van der Waals surface area contributed by atoms with Crippen LogP contribution in [0.25, 0.3) is 0 Å². The van der Waals surface area contributed by atoms with E-state index in [0.717, 1.165) is 42.9 Å². The number of hydrogen-bond donors (Lipinski definition) is 1. The highest BCUT2D eigenvalue weighted by Crippen LogP contribution is 2.33. The molecule has 0 saturated carbocycles. The van der Waals surface area contributed by atoms with Crippen LogP contribution in [0, 0.1) is 0 Å². The molecule has 1 N–H and O–H groups in total. The first-order valence-electron chi connectivity index (χ1n) is 10.1. The first-order valence-corrected chi connectivity index (χ1v) is 10.1. The highest BCUT2D eigenvalue weighted by Gasteiger charge is 2.28. The minimum atomic E-state index is -0.0480. The molecule has 2 heterocycles. The first kappa shape index (κ1) is 19.1. The average Bonchev–Trinajstić information content (AvgIpc) is 3.21. The Kier molecular flexibility index (Phi) is 5.84. The number of nitrogens with one attached hydrogen (secondary N) is 1. The van der Waals surface area contributed by atoms with Crippen molar-refractivity contribution in [3.8, 4) is 0 Å². The lowest BCUT2D eigenvalue weighted by atomic mass is 10.0. The van der Waals surface area contributed by atoms with E-state index in [-0.39, 0.29) is 11.8 Å². The van der Waals surface area contributed by atoms with Crippen molar-refractivity contribution in [2.75, 3.05) is 18.5 Å². The standard InChI is InChI=1S/C24H26N4O/c1-28(16-13-20-9-4-5-14-25-20)23-19(8-6-15-26-23)17-27-24(29)22-12-11-18-7-2-3-10-21(18)22/h2-10,14-15,22H,11-13,16-17H2,1H3,(H,27,29)/t22-/m1/s1. The van der Waals surface area contributed by atoms with Gasteiger partial charge >= 0.3 is 0 Å². The number of anilines is 1. The van der Waals surface area contributed by atoms with Gasteiger partial charge in [0.2, 0.25) is 5.91 Å². The second-order valence-electron chi connectivity index (χ2n) is 7.49. The smallest absolute Gasteiger partial charge is 0.227 e. The van der Waals surface area contributed by atoms with Crippen LogP contribution in [0.5, 0.6) is 0 Å². The maximum atomic E-state index is 12.8. The summed E-state index contributed by atoms with van der Waals surface area (Å²) >= 11 is 0. The number of aryl methyl sites for hydroxylation is 1. The maximum absolute atomic E-state index is 12.8. The summed E-state index contributed by atoms with van der Waals surface area (Å²) in [5.74, 6) is 0.949.